The lowest BCUT2D eigenvalue weighted by molar-refractivity contribution is -0.169. The number of rotatable bonds is 6. The maximum Gasteiger partial charge on any atom is 0.345 e. The summed E-state index contributed by atoms with van der Waals surface area (Å²) in [4.78, 5) is 24.3. The molecule has 30 heavy (non-hydrogen) atoms. The summed E-state index contributed by atoms with van der Waals surface area (Å²) in [6.07, 6.45) is 0.668. The molecule has 4 aromatic rings. The number of carbonyl (C=O) groups excluding carboxylic acids is 2. The third kappa shape index (κ3) is 3.47. The third-order valence-corrected chi connectivity index (χ3v) is 5.87. The molecule has 4 nitrogen and oxygen atoms in total. The highest BCUT2D eigenvalue weighted by atomic mass is 16.6. The normalized spacial score (nSPS) is 13.1. The van der Waals surface area contributed by atoms with Crippen molar-refractivity contribution in [3.63, 3.8) is 0 Å². The van der Waals surface area contributed by atoms with Gasteiger partial charge in [-0.2, -0.15) is 0 Å². The highest BCUT2D eigenvalue weighted by Gasteiger charge is 2.29. The van der Waals surface area contributed by atoms with E-state index >= 15 is 0 Å². The van der Waals surface area contributed by atoms with Gasteiger partial charge < -0.3 is 9.47 Å². The number of carbonyl (C=O) groups is 2. The molecule has 1 atom stereocenters. The highest BCUT2D eigenvalue weighted by molar-refractivity contribution is 6.23. The minimum Gasteiger partial charge on any atom is -0.453 e. The van der Waals surface area contributed by atoms with Crippen LogP contribution in [0.3, 0.4) is 0 Å². The summed E-state index contributed by atoms with van der Waals surface area (Å²) in [5, 5.41) is 6.91. The molecule has 0 heterocycles. The van der Waals surface area contributed by atoms with E-state index in [-0.39, 0.29) is 18.5 Å². The Kier molecular flexibility index (Phi) is 5.10. The van der Waals surface area contributed by atoms with Gasteiger partial charge in [-0.15, -0.1) is 0 Å². The molecule has 154 valence electrons. The molecule has 4 rings (SSSR count). The van der Waals surface area contributed by atoms with E-state index in [1.807, 2.05) is 32.9 Å². The maximum atomic E-state index is 12.5. The molecule has 0 aliphatic heterocycles. The van der Waals surface area contributed by atoms with Crippen molar-refractivity contribution in [1.29, 1.82) is 0 Å². The van der Waals surface area contributed by atoms with Gasteiger partial charge in [0.15, 0.2) is 6.61 Å². The van der Waals surface area contributed by atoms with Crippen LogP contribution in [0, 0.1) is 5.92 Å². The standard InChI is InChI=1S/C26H26O4/c1-5-16(2)25(28)29-15-22(27)30-26(3,4)21-14-19-10-6-8-17-12-13-18-9-7-11-20(21)24(18)23(17)19/h6-14,16H,5,15H2,1-4H3. The lowest BCUT2D eigenvalue weighted by Crippen LogP contribution is -2.29. The molecule has 0 fully saturated rings. The molecular weight excluding hydrogens is 376 g/mol. The van der Waals surface area contributed by atoms with E-state index in [9.17, 15) is 9.59 Å². The Labute approximate surface area is 176 Å². The van der Waals surface area contributed by atoms with Gasteiger partial charge in [0, 0.05) is 5.56 Å². The van der Waals surface area contributed by atoms with Crippen LogP contribution in [0.2, 0.25) is 0 Å². The van der Waals surface area contributed by atoms with Crippen LogP contribution >= 0.6 is 0 Å². The molecule has 0 spiro atoms. The fourth-order valence-corrected chi connectivity index (χ4v) is 4.07. The monoisotopic (exact) mass is 402 g/mol. The summed E-state index contributed by atoms with van der Waals surface area (Å²) in [6.45, 7) is 7.06. The summed E-state index contributed by atoms with van der Waals surface area (Å²) in [6, 6.07) is 18.8. The van der Waals surface area contributed by atoms with Crippen LogP contribution in [0.15, 0.2) is 54.6 Å². The fourth-order valence-electron chi connectivity index (χ4n) is 4.07. The van der Waals surface area contributed by atoms with E-state index in [1.54, 1.807) is 6.92 Å². The average Bonchev–Trinajstić information content (AvgIpc) is 2.74. The van der Waals surface area contributed by atoms with Gasteiger partial charge >= 0.3 is 11.9 Å². The smallest absolute Gasteiger partial charge is 0.345 e. The molecule has 0 saturated heterocycles. The lowest BCUT2D eigenvalue weighted by atomic mass is 9.86. The second kappa shape index (κ2) is 7.60. The minimum atomic E-state index is -0.885. The van der Waals surface area contributed by atoms with Gasteiger partial charge in [0.05, 0.1) is 5.92 Å². The zero-order valence-corrected chi connectivity index (χ0v) is 17.8. The molecule has 0 N–H and O–H groups in total. The Morgan fingerprint density at radius 1 is 0.933 bits per heavy atom. The van der Waals surface area contributed by atoms with Crippen molar-refractivity contribution in [2.45, 2.75) is 39.7 Å². The van der Waals surface area contributed by atoms with Crippen molar-refractivity contribution in [2.24, 2.45) is 5.92 Å². The lowest BCUT2D eigenvalue weighted by Gasteiger charge is -2.28. The summed E-state index contributed by atoms with van der Waals surface area (Å²) in [7, 11) is 0. The quantitative estimate of drug-likeness (QED) is 0.295. The second-order valence-corrected chi connectivity index (χ2v) is 8.37. The predicted octanol–water partition coefficient (Wildman–Crippen LogP) is 5.95. The number of esters is 2. The van der Waals surface area contributed by atoms with Crippen molar-refractivity contribution in [3.8, 4) is 0 Å². The zero-order valence-electron chi connectivity index (χ0n) is 17.8. The number of benzene rings is 4. The number of ether oxygens (including phenoxy) is 2. The minimum absolute atomic E-state index is 0.235. The molecule has 0 aliphatic carbocycles. The van der Waals surface area contributed by atoms with Gasteiger partial charge in [0.25, 0.3) is 0 Å². The third-order valence-electron chi connectivity index (χ3n) is 5.87. The van der Waals surface area contributed by atoms with Crippen LogP contribution in [-0.4, -0.2) is 18.5 Å². The first-order valence-electron chi connectivity index (χ1n) is 10.4. The Hall–Kier alpha value is -3.14. The van der Waals surface area contributed by atoms with Gasteiger partial charge in [0.1, 0.15) is 5.60 Å². The van der Waals surface area contributed by atoms with Crippen molar-refractivity contribution in [2.75, 3.05) is 6.61 Å². The Morgan fingerprint density at radius 2 is 1.57 bits per heavy atom. The first-order valence-corrected chi connectivity index (χ1v) is 10.4. The van der Waals surface area contributed by atoms with Crippen LogP contribution in [0.25, 0.3) is 32.3 Å². The van der Waals surface area contributed by atoms with E-state index in [0.717, 1.165) is 21.7 Å². The van der Waals surface area contributed by atoms with Crippen LogP contribution in [0.4, 0.5) is 0 Å². The topological polar surface area (TPSA) is 52.6 Å². The number of hydrogen-bond donors (Lipinski definition) is 0. The largest absolute Gasteiger partial charge is 0.453 e. The Bertz CT molecular complexity index is 1240. The molecule has 1 unspecified atom stereocenters. The predicted molar refractivity (Wildman–Crippen MR) is 120 cm³/mol. The first-order chi connectivity index (χ1) is 14.3. The highest BCUT2D eigenvalue weighted by Crippen LogP contribution is 2.40. The summed E-state index contributed by atoms with van der Waals surface area (Å²) >= 11 is 0. The maximum absolute atomic E-state index is 12.5. The van der Waals surface area contributed by atoms with Gasteiger partial charge in [-0.25, -0.2) is 4.79 Å². The summed E-state index contributed by atoms with van der Waals surface area (Å²) in [5.74, 6) is -1.17. The van der Waals surface area contributed by atoms with E-state index in [0.29, 0.717) is 6.42 Å². The van der Waals surface area contributed by atoms with Crippen molar-refractivity contribution < 1.29 is 19.1 Å². The average molecular weight is 402 g/mol. The molecule has 0 bridgehead atoms. The Morgan fingerprint density at radius 3 is 2.27 bits per heavy atom. The van der Waals surface area contributed by atoms with Crippen molar-refractivity contribution in [1.82, 2.24) is 0 Å². The molecule has 0 saturated carbocycles. The molecule has 4 aromatic carbocycles. The van der Waals surface area contributed by atoms with Gasteiger partial charge in [-0.1, -0.05) is 62.4 Å². The van der Waals surface area contributed by atoms with Gasteiger partial charge in [0.2, 0.25) is 0 Å². The zero-order chi connectivity index (χ0) is 21.5. The summed E-state index contributed by atoms with van der Waals surface area (Å²) in [5.41, 5.74) is 0.0463. The fraction of sp³-hybridized carbons (Fsp3) is 0.308. The molecule has 4 heteroatoms. The first kappa shape index (κ1) is 20.1. The molecule has 0 aromatic heterocycles. The van der Waals surface area contributed by atoms with E-state index in [4.69, 9.17) is 9.47 Å². The van der Waals surface area contributed by atoms with Crippen LogP contribution in [-0.2, 0) is 24.7 Å². The van der Waals surface area contributed by atoms with E-state index < -0.39 is 11.6 Å². The molecule has 0 aliphatic rings. The van der Waals surface area contributed by atoms with E-state index in [2.05, 4.69) is 42.5 Å². The van der Waals surface area contributed by atoms with Crippen LogP contribution in [0.5, 0.6) is 0 Å². The SMILES string of the molecule is CCC(C)C(=O)OCC(=O)OC(C)(C)c1cc2cccc3ccc4cccc1c4c32. The van der Waals surface area contributed by atoms with E-state index in [1.165, 1.54) is 16.2 Å². The van der Waals surface area contributed by atoms with Gasteiger partial charge in [-0.05, 0) is 58.7 Å². The summed E-state index contributed by atoms with van der Waals surface area (Å²) < 4.78 is 10.9. The number of hydrogen-bond acceptors (Lipinski definition) is 4. The molecule has 0 amide bonds. The second-order valence-electron chi connectivity index (χ2n) is 8.37. The molecular formula is C26H26O4. The van der Waals surface area contributed by atoms with Crippen molar-refractivity contribution >= 4 is 44.3 Å². The molecule has 0 radical (unpaired) electrons. The van der Waals surface area contributed by atoms with Crippen molar-refractivity contribution in [3.05, 3.63) is 60.2 Å². The van der Waals surface area contributed by atoms with Gasteiger partial charge in [-0.3, -0.25) is 4.79 Å². The van der Waals surface area contributed by atoms with Crippen LogP contribution in [0.1, 0.15) is 39.7 Å². The Balaban J connectivity index is 1.71. The van der Waals surface area contributed by atoms with Crippen LogP contribution < -0.4 is 0 Å².